The highest BCUT2D eigenvalue weighted by Crippen LogP contribution is 2.28. The number of hydrogen-bond donors (Lipinski definition) is 2. The van der Waals surface area contributed by atoms with E-state index in [-0.39, 0.29) is 5.91 Å². The summed E-state index contributed by atoms with van der Waals surface area (Å²) in [6, 6.07) is 10.2. The summed E-state index contributed by atoms with van der Waals surface area (Å²) in [5, 5.41) is 12.7. The molecular weight excluding hydrogens is 408 g/mol. The van der Waals surface area contributed by atoms with Crippen molar-refractivity contribution in [1.29, 1.82) is 0 Å². The van der Waals surface area contributed by atoms with Gasteiger partial charge in [-0.2, -0.15) is 5.10 Å². The van der Waals surface area contributed by atoms with Crippen molar-refractivity contribution in [2.75, 3.05) is 5.32 Å². The Bertz CT molecular complexity index is 991. The van der Waals surface area contributed by atoms with Crippen LogP contribution < -0.4 is 5.32 Å². The average Bonchev–Trinajstić information content (AvgIpc) is 3.32. The lowest BCUT2D eigenvalue weighted by Crippen LogP contribution is -2.15. The molecule has 3 aromatic rings. The number of H-pyrrole nitrogens is 1. The highest BCUT2D eigenvalue weighted by Gasteiger charge is 2.12. The molecule has 2 aromatic heterocycles. The molecule has 148 valence electrons. The first-order valence-corrected chi connectivity index (χ1v) is 11.4. The largest absolute Gasteiger partial charge is 0.326 e. The number of aromatic amines is 1. The third-order valence-electron chi connectivity index (χ3n) is 4.45. The summed E-state index contributed by atoms with van der Waals surface area (Å²) in [6.45, 7) is 6.92. The van der Waals surface area contributed by atoms with Gasteiger partial charge < -0.3 is 5.32 Å². The van der Waals surface area contributed by atoms with E-state index in [0.29, 0.717) is 23.0 Å². The van der Waals surface area contributed by atoms with Gasteiger partial charge in [-0.3, -0.25) is 14.5 Å². The first-order valence-electron chi connectivity index (χ1n) is 9.24. The van der Waals surface area contributed by atoms with E-state index in [1.54, 1.807) is 11.3 Å². The Kier molecular flexibility index (Phi) is 7.09. The third-order valence-corrected chi connectivity index (χ3v) is 6.89. The number of benzene rings is 1. The molecule has 5 nitrogen and oxygen atoms in total. The molecule has 0 saturated carbocycles. The summed E-state index contributed by atoms with van der Waals surface area (Å²) in [6.07, 6.45) is 1.46. The fraction of sp³-hybridized carbons (Fsp3) is 0.350. The molecule has 0 radical (unpaired) electrons. The Morgan fingerprint density at radius 3 is 2.93 bits per heavy atom. The lowest BCUT2D eigenvalue weighted by atomic mass is 10.2. The SMILES string of the molecule is CCC(C)Sc1ccc(NC(=O)CCn2c(-c3cccs3)n[nH]c2=S)c(C)c1. The molecule has 2 N–H and O–H groups in total. The van der Waals surface area contributed by atoms with E-state index in [1.165, 1.54) is 4.90 Å². The van der Waals surface area contributed by atoms with Crippen molar-refractivity contribution in [3.63, 3.8) is 0 Å². The predicted molar refractivity (Wildman–Crippen MR) is 121 cm³/mol. The number of carbonyl (C=O) groups is 1. The highest BCUT2D eigenvalue weighted by atomic mass is 32.2. The van der Waals surface area contributed by atoms with E-state index in [2.05, 4.69) is 41.5 Å². The van der Waals surface area contributed by atoms with Crippen LogP contribution >= 0.6 is 35.3 Å². The molecule has 1 aromatic carbocycles. The van der Waals surface area contributed by atoms with Crippen LogP contribution in [0, 0.1) is 11.7 Å². The van der Waals surface area contributed by atoms with Crippen molar-refractivity contribution in [3.8, 4) is 10.7 Å². The van der Waals surface area contributed by atoms with Gasteiger partial charge in [0.05, 0.1) is 4.88 Å². The molecule has 0 aliphatic carbocycles. The Labute approximate surface area is 178 Å². The molecule has 2 heterocycles. The molecule has 1 unspecified atom stereocenters. The second-order valence-electron chi connectivity index (χ2n) is 6.59. The molecule has 0 fully saturated rings. The second-order valence-corrected chi connectivity index (χ2v) is 9.44. The molecule has 3 rings (SSSR count). The summed E-state index contributed by atoms with van der Waals surface area (Å²) < 4.78 is 2.40. The quantitative estimate of drug-likeness (QED) is 0.344. The van der Waals surface area contributed by atoms with Gasteiger partial charge in [-0.05, 0) is 60.8 Å². The van der Waals surface area contributed by atoms with Crippen LogP contribution in [0.1, 0.15) is 32.3 Å². The zero-order valence-electron chi connectivity index (χ0n) is 16.2. The van der Waals surface area contributed by atoms with E-state index in [4.69, 9.17) is 12.2 Å². The van der Waals surface area contributed by atoms with E-state index < -0.39 is 0 Å². The maximum Gasteiger partial charge on any atom is 0.226 e. The maximum absolute atomic E-state index is 12.5. The first-order chi connectivity index (χ1) is 13.5. The summed E-state index contributed by atoms with van der Waals surface area (Å²) >= 11 is 8.78. The van der Waals surface area contributed by atoms with Crippen molar-refractivity contribution in [2.45, 2.75) is 50.3 Å². The lowest BCUT2D eigenvalue weighted by Gasteiger charge is -2.13. The maximum atomic E-state index is 12.5. The van der Waals surface area contributed by atoms with Crippen LogP contribution in [0.3, 0.4) is 0 Å². The molecule has 28 heavy (non-hydrogen) atoms. The molecule has 0 saturated heterocycles. The number of thiophene rings is 1. The Morgan fingerprint density at radius 1 is 1.43 bits per heavy atom. The number of anilines is 1. The van der Waals surface area contributed by atoms with Crippen LogP contribution in [-0.2, 0) is 11.3 Å². The van der Waals surface area contributed by atoms with Crippen LogP contribution in [0.25, 0.3) is 10.7 Å². The fourth-order valence-corrected chi connectivity index (χ4v) is 4.68. The van der Waals surface area contributed by atoms with Gasteiger partial charge in [-0.1, -0.05) is 19.9 Å². The summed E-state index contributed by atoms with van der Waals surface area (Å²) in [7, 11) is 0. The number of thioether (sulfide) groups is 1. The van der Waals surface area contributed by atoms with Gasteiger partial charge in [0.1, 0.15) is 0 Å². The number of nitrogens with one attached hydrogen (secondary N) is 2. The van der Waals surface area contributed by atoms with Gasteiger partial charge in [0, 0.05) is 28.8 Å². The van der Waals surface area contributed by atoms with Crippen molar-refractivity contribution in [2.24, 2.45) is 0 Å². The van der Waals surface area contributed by atoms with Crippen molar-refractivity contribution in [1.82, 2.24) is 14.8 Å². The molecule has 0 bridgehead atoms. The van der Waals surface area contributed by atoms with Gasteiger partial charge in [-0.25, -0.2) is 0 Å². The molecule has 0 aliphatic rings. The number of rotatable bonds is 8. The normalized spacial score (nSPS) is 12.1. The number of nitrogens with zero attached hydrogens (tertiary/aromatic N) is 2. The van der Waals surface area contributed by atoms with E-state index in [0.717, 1.165) is 28.4 Å². The highest BCUT2D eigenvalue weighted by molar-refractivity contribution is 7.99. The summed E-state index contributed by atoms with van der Waals surface area (Å²) in [4.78, 5) is 14.7. The minimum Gasteiger partial charge on any atom is -0.326 e. The van der Waals surface area contributed by atoms with Gasteiger partial charge in [0.15, 0.2) is 10.6 Å². The number of hydrogen-bond acceptors (Lipinski definition) is 5. The second kappa shape index (κ2) is 9.54. The average molecular weight is 433 g/mol. The minimum absolute atomic E-state index is 0.0364. The standard InChI is InChI=1S/C20H24N4OS3/c1-4-14(3)28-15-7-8-16(13(2)12-15)21-18(25)9-10-24-19(22-23-20(24)26)17-6-5-11-27-17/h5-8,11-12,14H,4,9-10H2,1-3H3,(H,21,25)(H,23,26). The number of aromatic nitrogens is 3. The number of aryl methyl sites for hydroxylation is 1. The Morgan fingerprint density at radius 2 is 2.25 bits per heavy atom. The lowest BCUT2D eigenvalue weighted by molar-refractivity contribution is -0.116. The molecular formula is C20H24N4OS3. The van der Waals surface area contributed by atoms with Crippen LogP contribution in [0.2, 0.25) is 0 Å². The molecule has 0 spiro atoms. The smallest absolute Gasteiger partial charge is 0.226 e. The summed E-state index contributed by atoms with van der Waals surface area (Å²) in [5.41, 5.74) is 1.92. The zero-order chi connectivity index (χ0) is 20.1. The fourth-order valence-electron chi connectivity index (χ4n) is 2.71. The first kappa shape index (κ1) is 20.8. The number of amides is 1. The zero-order valence-corrected chi connectivity index (χ0v) is 18.6. The third kappa shape index (κ3) is 5.12. The van der Waals surface area contributed by atoms with E-state index >= 15 is 0 Å². The molecule has 1 atom stereocenters. The van der Waals surface area contributed by atoms with Crippen molar-refractivity contribution < 1.29 is 4.79 Å². The molecule has 0 aliphatic heterocycles. The van der Waals surface area contributed by atoms with Gasteiger partial charge >= 0.3 is 0 Å². The summed E-state index contributed by atoms with van der Waals surface area (Å²) in [5.74, 6) is 0.737. The van der Waals surface area contributed by atoms with E-state index in [1.807, 2.05) is 46.8 Å². The van der Waals surface area contributed by atoms with Gasteiger partial charge in [0.25, 0.3) is 0 Å². The van der Waals surface area contributed by atoms with Crippen LogP contribution in [0.15, 0.2) is 40.6 Å². The molecule has 1 amide bonds. The van der Waals surface area contributed by atoms with Crippen molar-refractivity contribution >= 4 is 46.9 Å². The van der Waals surface area contributed by atoms with Crippen LogP contribution in [-0.4, -0.2) is 25.9 Å². The molecule has 8 heteroatoms. The topological polar surface area (TPSA) is 62.7 Å². The van der Waals surface area contributed by atoms with Crippen LogP contribution in [0.5, 0.6) is 0 Å². The Balaban J connectivity index is 1.63. The Hall–Kier alpha value is -1.90. The van der Waals surface area contributed by atoms with Crippen LogP contribution in [0.4, 0.5) is 5.69 Å². The minimum atomic E-state index is -0.0364. The monoisotopic (exact) mass is 432 g/mol. The number of carbonyl (C=O) groups excluding carboxylic acids is 1. The predicted octanol–water partition coefficient (Wildman–Crippen LogP) is 5.90. The van der Waals surface area contributed by atoms with Gasteiger partial charge in [0.2, 0.25) is 5.91 Å². The van der Waals surface area contributed by atoms with Gasteiger partial charge in [-0.15, -0.1) is 23.1 Å². The van der Waals surface area contributed by atoms with Crippen molar-refractivity contribution in [3.05, 3.63) is 46.0 Å². The van der Waals surface area contributed by atoms with E-state index in [9.17, 15) is 4.79 Å².